The topological polar surface area (TPSA) is 56.1 Å². The van der Waals surface area contributed by atoms with Crippen molar-refractivity contribution in [1.82, 2.24) is 24.4 Å². The lowest BCUT2D eigenvalue weighted by atomic mass is 9.91. The fourth-order valence-electron chi connectivity index (χ4n) is 2.97. The van der Waals surface area contributed by atoms with E-state index in [9.17, 15) is 0 Å². The zero-order valence-electron chi connectivity index (χ0n) is 11.9. The summed E-state index contributed by atoms with van der Waals surface area (Å²) in [7, 11) is 2.17. The van der Waals surface area contributed by atoms with Gasteiger partial charge < -0.3 is 4.74 Å². The van der Waals surface area contributed by atoms with E-state index < -0.39 is 0 Å². The SMILES string of the molecule is CN1C2C=C(c3cnc(-n4ccnc4)nc3)CC1COC2. The lowest BCUT2D eigenvalue weighted by Gasteiger charge is -2.42. The molecule has 2 aromatic rings. The Morgan fingerprint density at radius 3 is 2.81 bits per heavy atom. The second kappa shape index (κ2) is 5.05. The molecule has 0 amide bonds. The van der Waals surface area contributed by atoms with Crippen LogP contribution < -0.4 is 0 Å². The molecule has 4 heterocycles. The first-order chi connectivity index (χ1) is 10.3. The Bertz CT molecular complexity index is 649. The Morgan fingerprint density at radius 1 is 1.24 bits per heavy atom. The molecule has 6 nitrogen and oxygen atoms in total. The van der Waals surface area contributed by atoms with E-state index in [1.807, 2.05) is 18.6 Å². The summed E-state index contributed by atoms with van der Waals surface area (Å²) in [5.41, 5.74) is 2.42. The van der Waals surface area contributed by atoms with Gasteiger partial charge in [0.05, 0.1) is 19.3 Å². The highest BCUT2D eigenvalue weighted by molar-refractivity contribution is 5.66. The molecule has 2 unspecified atom stereocenters. The lowest BCUT2D eigenvalue weighted by Crippen LogP contribution is -2.51. The van der Waals surface area contributed by atoms with E-state index in [0.717, 1.165) is 25.2 Å². The van der Waals surface area contributed by atoms with E-state index in [0.29, 0.717) is 18.0 Å². The molecule has 0 spiro atoms. The first-order valence-electron chi connectivity index (χ1n) is 7.12. The second-order valence-electron chi connectivity index (χ2n) is 5.56. The van der Waals surface area contributed by atoms with Crippen molar-refractivity contribution in [2.24, 2.45) is 0 Å². The second-order valence-corrected chi connectivity index (χ2v) is 5.56. The molecule has 0 saturated carbocycles. The van der Waals surface area contributed by atoms with Crippen LogP contribution in [0.1, 0.15) is 12.0 Å². The van der Waals surface area contributed by atoms with E-state index in [-0.39, 0.29) is 0 Å². The van der Waals surface area contributed by atoms with E-state index in [4.69, 9.17) is 4.74 Å². The highest BCUT2D eigenvalue weighted by Crippen LogP contribution is 2.30. The van der Waals surface area contributed by atoms with Crippen LogP contribution in [0.3, 0.4) is 0 Å². The van der Waals surface area contributed by atoms with E-state index in [1.165, 1.54) is 5.57 Å². The van der Waals surface area contributed by atoms with Crippen molar-refractivity contribution < 1.29 is 4.74 Å². The number of rotatable bonds is 2. The maximum Gasteiger partial charge on any atom is 0.234 e. The number of morpholine rings is 1. The van der Waals surface area contributed by atoms with Gasteiger partial charge in [0.15, 0.2) is 0 Å². The third kappa shape index (κ3) is 2.26. The van der Waals surface area contributed by atoms with Gasteiger partial charge in [0, 0.05) is 36.4 Å². The average Bonchev–Trinajstić information content (AvgIpc) is 3.01. The molecule has 2 atom stereocenters. The fraction of sp³-hybridized carbons (Fsp3) is 0.400. The third-order valence-electron chi connectivity index (χ3n) is 4.29. The number of hydrogen-bond acceptors (Lipinski definition) is 5. The van der Waals surface area contributed by atoms with Gasteiger partial charge in [-0.25, -0.2) is 15.0 Å². The van der Waals surface area contributed by atoms with Gasteiger partial charge >= 0.3 is 0 Å². The molecule has 2 bridgehead atoms. The summed E-state index contributed by atoms with van der Waals surface area (Å²) in [6, 6.07) is 0.818. The standard InChI is InChI=1S/C15H17N5O/c1-19-13-4-11(5-14(19)9-21-8-13)12-6-17-15(18-7-12)20-3-2-16-10-20/h2-4,6-7,10,13-14H,5,8-9H2,1H3. The molecule has 6 heteroatoms. The van der Waals surface area contributed by atoms with Crippen LogP contribution in [0, 0.1) is 0 Å². The van der Waals surface area contributed by atoms with Crippen LogP contribution in [0.4, 0.5) is 0 Å². The molecule has 2 aromatic heterocycles. The number of imidazole rings is 1. The first kappa shape index (κ1) is 12.7. The monoisotopic (exact) mass is 283 g/mol. The normalized spacial score (nSPS) is 25.7. The van der Waals surface area contributed by atoms with Crippen LogP contribution in [0.5, 0.6) is 0 Å². The Labute approximate surface area is 123 Å². The van der Waals surface area contributed by atoms with Crippen LogP contribution in [0.25, 0.3) is 11.5 Å². The molecule has 0 aliphatic carbocycles. The molecule has 1 fully saturated rings. The van der Waals surface area contributed by atoms with E-state index in [2.05, 4.69) is 33.0 Å². The zero-order chi connectivity index (χ0) is 14.2. The molecule has 108 valence electrons. The average molecular weight is 283 g/mol. The maximum atomic E-state index is 5.63. The number of likely N-dealkylation sites (N-methyl/N-ethyl adjacent to an activating group) is 1. The first-order valence-corrected chi connectivity index (χ1v) is 7.12. The van der Waals surface area contributed by atoms with Crippen molar-refractivity contribution in [3.8, 4) is 5.95 Å². The van der Waals surface area contributed by atoms with Crippen molar-refractivity contribution >= 4 is 5.57 Å². The molecular weight excluding hydrogens is 266 g/mol. The van der Waals surface area contributed by atoms with Crippen molar-refractivity contribution in [2.45, 2.75) is 18.5 Å². The van der Waals surface area contributed by atoms with Crippen molar-refractivity contribution in [3.05, 3.63) is 42.8 Å². The molecule has 2 aliphatic rings. The minimum Gasteiger partial charge on any atom is -0.378 e. The van der Waals surface area contributed by atoms with E-state index >= 15 is 0 Å². The predicted octanol–water partition coefficient (Wildman–Crippen LogP) is 1.15. The Kier molecular flexibility index (Phi) is 3.05. The van der Waals surface area contributed by atoms with Crippen molar-refractivity contribution in [1.29, 1.82) is 0 Å². The van der Waals surface area contributed by atoms with E-state index in [1.54, 1.807) is 17.1 Å². The van der Waals surface area contributed by atoms with Crippen LogP contribution in [-0.4, -0.2) is 56.8 Å². The predicted molar refractivity (Wildman–Crippen MR) is 77.9 cm³/mol. The summed E-state index contributed by atoms with van der Waals surface area (Å²) in [5.74, 6) is 0.647. The summed E-state index contributed by atoms with van der Waals surface area (Å²) in [6.07, 6.45) is 12.3. The summed E-state index contributed by atoms with van der Waals surface area (Å²) in [5, 5.41) is 0. The van der Waals surface area contributed by atoms with Crippen LogP contribution in [-0.2, 0) is 4.74 Å². The van der Waals surface area contributed by atoms with Gasteiger partial charge in [0.2, 0.25) is 5.95 Å². The van der Waals surface area contributed by atoms with Gasteiger partial charge in [0.25, 0.3) is 0 Å². The summed E-state index contributed by atoms with van der Waals surface area (Å²) in [6.45, 7) is 1.57. The highest BCUT2D eigenvalue weighted by Gasteiger charge is 2.32. The van der Waals surface area contributed by atoms with Gasteiger partial charge in [-0.2, -0.15) is 0 Å². The minimum absolute atomic E-state index is 0.362. The molecule has 4 rings (SSSR count). The molecule has 0 aromatic carbocycles. The zero-order valence-corrected chi connectivity index (χ0v) is 11.9. The summed E-state index contributed by atoms with van der Waals surface area (Å²) >= 11 is 0. The molecular formula is C15H17N5O. The van der Waals surface area contributed by atoms with Crippen LogP contribution >= 0.6 is 0 Å². The molecule has 2 aliphatic heterocycles. The fourth-order valence-corrected chi connectivity index (χ4v) is 2.97. The van der Waals surface area contributed by atoms with Gasteiger partial charge in [-0.05, 0) is 19.0 Å². The third-order valence-corrected chi connectivity index (χ3v) is 4.29. The molecule has 0 radical (unpaired) electrons. The van der Waals surface area contributed by atoms with Crippen LogP contribution in [0.2, 0.25) is 0 Å². The minimum atomic E-state index is 0.362. The number of hydrogen-bond donors (Lipinski definition) is 0. The quantitative estimate of drug-likeness (QED) is 0.827. The van der Waals surface area contributed by atoms with Gasteiger partial charge in [-0.1, -0.05) is 6.08 Å². The highest BCUT2D eigenvalue weighted by atomic mass is 16.5. The lowest BCUT2D eigenvalue weighted by molar-refractivity contribution is -0.0221. The molecule has 0 N–H and O–H groups in total. The van der Waals surface area contributed by atoms with Crippen molar-refractivity contribution in [2.75, 3.05) is 20.3 Å². The number of ether oxygens (including phenoxy) is 1. The number of fused-ring (bicyclic) bond motifs is 2. The summed E-state index contributed by atoms with van der Waals surface area (Å²) in [4.78, 5) is 15.3. The van der Waals surface area contributed by atoms with Gasteiger partial charge in [-0.3, -0.25) is 9.47 Å². The Hall–Kier alpha value is -2.05. The largest absolute Gasteiger partial charge is 0.378 e. The Balaban J connectivity index is 1.62. The number of nitrogens with zero attached hydrogens (tertiary/aromatic N) is 5. The van der Waals surface area contributed by atoms with Gasteiger partial charge in [-0.15, -0.1) is 0 Å². The molecule has 1 saturated heterocycles. The number of aromatic nitrogens is 4. The molecule has 21 heavy (non-hydrogen) atoms. The van der Waals surface area contributed by atoms with Crippen molar-refractivity contribution in [3.63, 3.8) is 0 Å². The van der Waals surface area contributed by atoms with Gasteiger partial charge in [0.1, 0.15) is 6.33 Å². The van der Waals surface area contributed by atoms with Crippen LogP contribution in [0.15, 0.2) is 37.2 Å². The smallest absolute Gasteiger partial charge is 0.234 e. The Morgan fingerprint density at radius 2 is 2.10 bits per heavy atom. The maximum absolute atomic E-state index is 5.63. The summed E-state index contributed by atoms with van der Waals surface area (Å²) < 4.78 is 7.43.